The van der Waals surface area contributed by atoms with Gasteiger partial charge in [-0.2, -0.15) is 4.98 Å². The molecule has 1 N–H and O–H groups in total. The summed E-state index contributed by atoms with van der Waals surface area (Å²) in [6, 6.07) is 18.5. The Morgan fingerprint density at radius 3 is 2.65 bits per heavy atom. The van der Waals surface area contributed by atoms with Crippen LogP contribution < -0.4 is 15.1 Å². The summed E-state index contributed by atoms with van der Waals surface area (Å²) in [5.41, 5.74) is 4.76. The zero-order valence-corrected chi connectivity index (χ0v) is 18.2. The predicted molar refractivity (Wildman–Crippen MR) is 129 cm³/mol. The van der Waals surface area contributed by atoms with E-state index in [-0.39, 0.29) is 0 Å². The third-order valence-corrected chi connectivity index (χ3v) is 6.09. The van der Waals surface area contributed by atoms with Crippen molar-refractivity contribution in [2.45, 2.75) is 19.3 Å². The zero-order chi connectivity index (χ0) is 21.0. The van der Waals surface area contributed by atoms with E-state index in [1.165, 1.54) is 30.4 Å². The lowest BCUT2D eigenvalue weighted by molar-refractivity contribution is 0.568. The molecule has 2 aliphatic heterocycles. The fourth-order valence-electron chi connectivity index (χ4n) is 4.27. The summed E-state index contributed by atoms with van der Waals surface area (Å²) in [5.74, 6) is 1.69. The van der Waals surface area contributed by atoms with Crippen LogP contribution >= 0.6 is 11.6 Å². The van der Waals surface area contributed by atoms with Gasteiger partial charge in [0.05, 0.1) is 5.69 Å². The molecule has 0 aliphatic carbocycles. The van der Waals surface area contributed by atoms with Crippen molar-refractivity contribution in [3.63, 3.8) is 0 Å². The van der Waals surface area contributed by atoms with Crippen LogP contribution in [0.2, 0.25) is 5.02 Å². The van der Waals surface area contributed by atoms with Crippen molar-refractivity contribution in [2.75, 3.05) is 41.3 Å². The van der Waals surface area contributed by atoms with Crippen molar-refractivity contribution >= 4 is 40.8 Å². The third-order valence-electron chi connectivity index (χ3n) is 5.85. The largest absolute Gasteiger partial charge is 0.366 e. The van der Waals surface area contributed by atoms with Crippen LogP contribution in [0.4, 0.5) is 23.1 Å². The van der Waals surface area contributed by atoms with Gasteiger partial charge >= 0.3 is 0 Å². The number of nitrogens with zero attached hydrogens (tertiary/aromatic N) is 4. The SMILES string of the molecule is Clc1ccc2c(c1)N(c1ccccc1)CC(CNc1ccnc(N3CCCCC3)n1)=C2. The molecule has 1 saturated heterocycles. The van der Waals surface area contributed by atoms with E-state index in [0.29, 0.717) is 0 Å². The monoisotopic (exact) mass is 431 g/mol. The molecule has 6 heteroatoms. The topological polar surface area (TPSA) is 44.3 Å². The van der Waals surface area contributed by atoms with Crippen molar-refractivity contribution in [3.8, 4) is 0 Å². The minimum atomic E-state index is 0.724. The van der Waals surface area contributed by atoms with Gasteiger partial charge in [-0.1, -0.05) is 41.9 Å². The minimum Gasteiger partial charge on any atom is -0.366 e. The average molecular weight is 432 g/mol. The second-order valence-corrected chi connectivity index (χ2v) is 8.51. The van der Waals surface area contributed by atoms with E-state index < -0.39 is 0 Å². The van der Waals surface area contributed by atoms with Crippen LogP contribution in [0.15, 0.2) is 66.4 Å². The van der Waals surface area contributed by atoms with Gasteiger partial charge in [-0.05, 0) is 60.7 Å². The first-order valence-electron chi connectivity index (χ1n) is 10.9. The number of rotatable bonds is 5. The molecule has 5 nitrogen and oxygen atoms in total. The smallest absolute Gasteiger partial charge is 0.227 e. The van der Waals surface area contributed by atoms with Crippen LogP contribution in [0.3, 0.4) is 0 Å². The number of fused-ring (bicyclic) bond motifs is 1. The molecule has 0 spiro atoms. The molecule has 3 heterocycles. The van der Waals surface area contributed by atoms with E-state index in [9.17, 15) is 0 Å². The summed E-state index contributed by atoms with van der Waals surface area (Å²) in [6.45, 7) is 3.61. The number of aromatic nitrogens is 2. The fourth-order valence-corrected chi connectivity index (χ4v) is 4.44. The first-order chi connectivity index (χ1) is 15.3. The van der Waals surface area contributed by atoms with Gasteiger partial charge in [-0.3, -0.25) is 0 Å². The highest BCUT2D eigenvalue weighted by molar-refractivity contribution is 6.31. The Hall–Kier alpha value is -3.05. The Bertz CT molecular complexity index is 1080. The van der Waals surface area contributed by atoms with Crippen LogP contribution in [0.1, 0.15) is 24.8 Å². The highest BCUT2D eigenvalue weighted by Crippen LogP contribution is 2.36. The normalized spacial score (nSPS) is 16.0. The molecule has 2 aliphatic rings. The third kappa shape index (κ3) is 4.52. The summed E-state index contributed by atoms with van der Waals surface area (Å²) in [7, 11) is 0. The van der Waals surface area contributed by atoms with E-state index in [4.69, 9.17) is 16.6 Å². The number of hydrogen-bond donors (Lipinski definition) is 1. The van der Waals surface area contributed by atoms with Crippen LogP contribution in [-0.2, 0) is 0 Å². The van der Waals surface area contributed by atoms with E-state index >= 15 is 0 Å². The second-order valence-electron chi connectivity index (χ2n) is 8.07. The molecule has 3 aromatic rings. The van der Waals surface area contributed by atoms with E-state index in [1.807, 2.05) is 30.5 Å². The number of para-hydroxylation sites is 1. The van der Waals surface area contributed by atoms with Gasteiger partial charge in [0, 0.05) is 43.1 Å². The highest BCUT2D eigenvalue weighted by atomic mass is 35.5. The van der Waals surface area contributed by atoms with Gasteiger partial charge in [-0.25, -0.2) is 4.98 Å². The van der Waals surface area contributed by atoms with Gasteiger partial charge in [0.1, 0.15) is 5.82 Å². The summed E-state index contributed by atoms with van der Waals surface area (Å²) in [5, 5.41) is 4.26. The zero-order valence-electron chi connectivity index (χ0n) is 17.5. The molecule has 158 valence electrons. The maximum Gasteiger partial charge on any atom is 0.227 e. The molecule has 0 atom stereocenters. The van der Waals surface area contributed by atoms with Crippen LogP contribution in [0.25, 0.3) is 6.08 Å². The summed E-state index contributed by atoms with van der Waals surface area (Å²) >= 11 is 6.31. The lowest BCUT2D eigenvalue weighted by atomic mass is 10.0. The minimum absolute atomic E-state index is 0.724. The Kier molecular flexibility index (Phi) is 5.76. The van der Waals surface area contributed by atoms with Gasteiger partial charge in [0.2, 0.25) is 5.95 Å². The molecule has 0 saturated carbocycles. The standard InChI is InChI=1S/C25H26ClN5/c26-21-10-9-20-15-19(18-31(23(20)16-21)22-7-3-1-4-8-22)17-28-24-11-12-27-25(29-24)30-13-5-2-6-14-30/h1,3-4,7-12,15-16H,2,5-6,13-14,17-18H2,(H,27,28,29). The van der Waals surface area contributed by atoms with Crippen molar-refractivity contribution in [1.82, 2.24) is 9.97 Å². The Labute approximate surface area is 188 Å². The van der Waals surface area contributed by atoms with Gasteiger partial charge in [0.15, 0.2) is 0 Å². The number of nitrogens with one attached hydrogen (secondary N) is 1. The van der Waals surface area contributed by atoms with Crippen LogP contribution in [0.5, 0.6) is 0 Å². The molecule has 0 unspecified atom stereocenters. The first-order valence-corrected chi connectivity index (χ1v) is 11.3. The Morgan fingerprint density at radius 1 is 0.968 bits per heavy atom. The number of anilines is 4. The van der Waals surface area contributed by atoms with E-state index in [0.717, 1.165) is 54.3 Å². The first kappa shape index (κ1) is 19.9. The van der Waals surface area contributed by atoms with Gasteiger partial charge in [0.25, 0.3) is 0 Å². The molecule has 0 radical (unpaired) electrons. The van der Waals surface area contributed by atoms with Crippen molar-refractivity contribution in [1.29, 1.82) is 0 Å². The second kappa shape index (κ2) is 8.98. The lowest BCUT2D eigenvalue weighted by Gasteiger charge is -2.32. The van der Waals surface area contributed by atoms with Gasteiger partial charge < -0.3 is 15.1 Å². The molecular weight excluding hydrogens is 406 g/mol. The molecule has 1 aromatic heterocycles. The summed E-state index contributed by atoms with van der Waals surface area (Å²) < 4.78 is 0. The number of halogens is 1. The van der Waals surface area contributed by atoms with Crippen molar-refractivity contribution in [3.05, 3.63) is 77.0 Å². The summed E-state index contributed by atoms with van der Waals surface area (Å²) in [4.78, 5) is 13.8. The highest BCUT2D eigenvalue weighted by Gasteiger charge is 2.20. The van der Waals surface area contributed by atoms with Gasteiger partial charge in [-0.15, -0.1) is 0 Å². The molecule has 2 aromatic carbocycles. The van der Waals surface area contributed by atoms with E-state index in [2.05, 4.69) is 56.5 Å². The maximum absolute atomic E-state index is 6.31. The molecule has 1 fully saturated rings. The molecule has 0 amide bonds. The van der Waals surface area contributed by atoms with Crippen molar-refractivity contribution < 1.29 is 0 Å². The maximum atomic E-state index is 6.31. The summed E-state index contributed by atoms with van der Waals surface area (Å²) in [6.07, 6.45) is 7.83. The quantitative estimate of drug-likeness (QED) is 0.555. The van der Waals surface area contributed by atoms with Crippen LogP contribution in [0, 0.1) is 0 Å². The Morgan fingerprint density at radius 2 is 1.81 bits per heavy atom. The Balaban J connectivity index is 1.35. The molecule has 31 heavy (non-hydrogen) atoms. The lowest BCUT2D eigenvalue weighted by Crippen LogP contribution is -2.31. The average Bonchev–Trinajstić information content (AvgIpc) is 2.84. The molecule has 0 bridgehead atoms. The number of hydrogen-bond acceptors (Lipinski definition) is 5. The fraction of sp³-hybridized carbons (Fsp3) is 0.280. The number of piperidine rings is 1. The predicted octanol–water partition coefficient (Wildman–Crippen LogP) is 5.77. The van der Waals surface area contributed by atoms with E-state index in [1.54, 1.807) is 0 Å². The van der Waals surface area contributed by atoms with Crippen LogP contribution in [-0.4, -0.2) is 36.1 Å². The molecule has 5 rings (SSSR count). The van der Waals surface area contributed by atoms with Crippen molar-refractivity contribution in [2.24, 2.45) is 0 Å². The molecular formula is C25H26ClN5. The number of benzene rings is 2.